The van der Waals surface area contributed by atoms with Crippen molar-refractivity contribution in [3.05, 3.63) is 0 Å². The average Bonchev–Trinajstić information content (AvgIpc) is 2.31. The van der Waals surface area contributed by atoms with Gasteiger partial charge in [-0.1, -0.05) is 0 Å². The minimum atomic E-state index is -9.17. The third-order valence-electron chi connectivity index (χ3n) is 3.08. The van der Waals surface area contributed by atoms with Crippen LogP contribution in [0.15, 0.2) is 0 Å². The Hall–Kier alpha value is -1.30. The van der Waals surface area contributed by atoms with Gasteiger partial charge in [0, 0.05) is 0 Å². The van der Waals surface area contributed by atoms with Crippen LogP contribution in [-0.2, 0) is 4.94 Å². The van der Waals surface area contributed by atoms with Gasteiger partial charge in [-0.3, -0.25) is 0 Å². The van der Waals surface area contributed by atoms with Crippen LogP contribution in [0.4, 0.5) is 79.2 Å². The second-order valence-corrected chi connectivity index (χ2v) is 4.57. The lowest BCUT2D eigenvalue weighted by Gasteiger charge is -2.50. The first-order valence-corrected chi connectivity index (χ1v) is 5.32. The molecule has 19 heteroatoms. The van der Waals surface area contributed by atoms with Crippen molar-refractivity contribution in [3.8, 4) is 0 Å². The van der Waals surface area contributed by atoms with Crippen LogP contribution in [0.5, 0.6) is 0 Å². The van der Waals surface area contributed by atoms with Gasteiger partial charge in [0.15, 0.2) is 0 Å². The van der Waals surface area contributed by atoms with E-state index in [4.69, 9.17) is 0 Å². The first kappa shape index (κ1) is 25.7. The number of alkyl halides is 17. The van der Waals surface area contributed by atoms with E-state index in [0.717, 1.165) is 0 Å². The molecule has 0 bridgehead atoms. The lowest BCUT2D eigenvalue weighted by molar-refractivity contribution is -0.548. The van der Waals surface area contributed by atoms with E-state index in [9.17, 15) is 79.2 Å². The van der Waals surface area contributed by atoms with Gasteiger partial charge >= 0.3 is 47.8 Å². The Balaban J connectivity index is 7.94. The third-order valence-corrected chi connectivity index (χ3v) is 3.08. The van der Waals surface area contributed by atoms with E-state index in [-0.39, 0.29) is 0 Å². The molecule has 0 rings (SSSR count). The lowest BCUT2D eigenvalue weighted by Crippen LogP contribution is -2.82. The molecule has 27 heavy (non-hydrogen) atoms. The summed E-state index contributed by atoms with van der Waals surface area (Å²) in [6.45, 7) is 0. The molecule has 1 unspecified atom stereocenters. The molecule has 164 valence electrons. The molecule has 0 aromatic heterocycles. The van der Waals surface area contributed by atoms with Gasteiger partial charge in [0.1, 0.15) is 0 Å². The highest BCUT2D eigenvalue weighted by Crippen LogP contribution is 2.73. The van der Waals surface area contributed by atoms with Crippen molar-refractivity contribution in [2.75, 3.05) is 0 Å². The Kier molecular flexibility index (Phi) is 5.80. The molecule has 0 heterocycles. The van der Waals surface area contributed by atoms with E-state index < -0.39 is 47.8 Å². The number of hydrogen-bond acceptors (Lipinski definition) is 1. The van der Waals surface area contributed by atoms with Crippen LogP contribution in [0, 0.1) is 5.41 Å². The van der Waals surface area contributed by atoms with E-state index in [2.05, 4.69) is 0 Å². The maximum atomic E-state index is 13.9. The Labute approximate surface area is 133 Å². The Morgan fingerprint density at radius 2 is 0.667 bits per heavy atom. The molecule has 0 spiro atoms. The van der Waals surface area contributed by atoms with Gasteiger partial charge in [-0.05, 0) is 4.53 Å². The maximum absolute atomic E-state index is 13.9. The smallest absolute Gasteiger partial charge is 0.225 e. The fourth-order valence-electron chi connectivity index (χ4n) is 1.95. The Morgan fingerprint density at radius 3 is 0.815 bits per heavy atom. The SMILES string of the molecule is FOC(F)(F)C(F)(C(F)(F)C(F)(F)F)C(C(F)(F)F)(C(F)(F)F)C(F)(F)F. The summed E-state index contributed by atoms with van der Waals surface area (Å²) in [4.78, 5) is 0.688. The van der Waals surface area contributed by atoms with Gasteiger partial charge < -0.3 is 0 Å². The number of halogens is 18. The molecule has 0 aliphatic rings. The van der Waals surface area contributed by atoms with E-state index in [1.165, 1.54) is 0 Å². The van der Waals surface area contributed by atoms with Crippen LogP contribution in [-0.4, -0.2) is 42.4 Å². The topological polar surface area (TPSA) is 9.23 Å². The fourth-order valence-corrected chi connectivity index (χ4v) is 1.95. The predicted molar refractivity (Wildman–Crippen MR) is 42.6 cm³/mol. The molecule has 0 aliphatic carbocycles. The molecule has 0 aromatic rings. The highest BCUT2D eigenvalue weighted by molar-refractivity contribution is 5.22. The summed E-state index contributed by atoms with van der Waals surface area (Å²) in [7, 11) is 0. The van der Waals surface area contributed by atoms with Crippen LogP contribution >= 0.6 is 0 Å². The van der Waals surface area contributed by atoms with Crippen molar-refractivity contribution in [2.45, 2.75) is 42.4 Å². The first-order valence-electron chi connectivity index (χ1n) is 5.32. The van der Waals surface area contributed by atoms with Gasteiger partial charge in [-0.25, -0.2) is 4.39 Å². The zero-order valence-electron chi connectivity index (χ0n) is 11.2. The van der Waals surface area contributed by atoms with E-state index >= 15 is 0 Å². The van der Waals surface area contributed by atoms with Crippen LogP contribution in [0.2, 0.25) is 0 Å². The average molecular weight is 454 g/mol. The zero-order chi connectivity index (χ0) is 22.7. The van der Waals surface area contributed by atoms with Gasteiger partial charge in [-0.15, -0.1) is 4.94 Å². The molecule has 1 atom stereocenters. The van der Waals surface area contributed by atoms with E-state index in [1.807, 2.05) is 0 Å². The molecule has 0 N–H and O–H groups in total. The quantitative estimate of drug-likeness (QED) is 0.470. The van der Waals surface area contributed by atoms with Crippen LogP contribution < -0.4 is 0 Å². The van der Waals surface area contributed by atoms with Crippen LogP contribution in [0.25, 0.3) is 0 Å². The van der Waals surface area contributed by atoms with Crippen molar-refractivity contribution in [2.24, 2.45) is 5.41 Å². The molecule has 0 radical (unpaired) electrons. The molecule has 0 fully saturated rings. The monoisotopic (exact) mass is 454 g/mol. The largest absolute Gasteiger partial charge is 0.457 e. The molecule has 1 nitrogen and oxygen atoms in total. The highest BCUT2D eigenvalue weighted by atomic mass is 19.4. The summed E-state index contributed by atoms with van der Waals surface area (Å²) < 4.78 is 227. The molecule has 0 saturated heterocycles. The summed E-state index contributed by atoms with van der Waals surface area (Å²) in [5.74, 6) is -8.81. The summed E-state index contributed by atoms with van der Waals surface area (Å²) in [5, 5.41) is 0. The molecule has 0 saturated carbocycles. The lowest BCUT2D eigenvalue weighted by atomic mass is 9.66. The third kappa shape index (κ3) is 3.04. The minimum Gasteiger partial charge on any atom is -0.225 e. The van der Waals surface area contributed by atoms with Crippen molar-refractivity contribution in [1.82, 2.24) is 0 Å². The second kappa shape index (κ2) is 6.10. The summed E-state index contributed by atoms with van der Waals surface area (Å²) in [5.41, 5.74) is -18.3. The molecular formula is C8F18O. The zero-order valence-corrected chi connectivity index (χ0v) is 11.2. The van der Waals surface area contributed by atoms with Crippen molar-refractivity contribution >= 4 is 0 Å². The number of hydrogen-bond donors (Lipinski definition) is 0. The predicted octanol–water partition coefficient (Wildman–Crippen LogP) is 6.06. The molecule has 0 aromatic carbocycles. The van der Waals surface area contributed by atoms with Crippen molar-refractivity contribution in [1.29, 1.82) is 0 Å². The summed E-state index contributed by atoms with van der Waals surface area (Å²) >= 11 is 0. The normalized spacial score (nSPS) is 18.4. The standard InChI is InChI=1S/C8F18O/c9-2(8(24,25)27-26,3(10,11)7(21,22)23)1(4(12,13)14,5(15,16)17)6(18,19)20. The summed E-state index contributed by atoms with van der Waals surface area (Å²) in [6.07, 6.45) is -42.6. The molecule has 0 aliphatic heterocycles. The van der Waals surface area contributed by atoms with Gasteiger partial charge in [0.2, 0.25) is 0 Å². The van der Waals surface area contributed by atoms with E-state index in [1.54, 1.807) is 0 Å². The minimum absolute atomic E-state index is 0.688. The Morgan fingerprint density at radius 1 is 0.407 bits per heavy atom. The van der Waals surface area contributed by atoms with Crippen molar-refractivity contribution < 1.29 is 84.1 Å². The highest BCUT2D eigenvalue weighted by Gasteiger charge is 3.04. The van der Waals surface area contributed by atoms with E-state index in [0.29, 0.717) is 4.94 Å². The van der Waals surface area contributed by atoms with Gasteiger partial charge in [0.05, 0.1) is 0 Å². The second-order valence-electron chi connectivity index (χ2n) is 4.57. The van der Waals surface area contributed by atoms with Crippen molar-refractivity contribution in [3.63, 3.8) is 0 Å². The van der Waals surface area contributed by atoms with Gasteiger partial charge in [-0.2, -0.15) is 70.2 Å². The van der Waals surface area contributed by atoms with Crippen LogP contribution in [0.3, 0.4) is 0 Å². The van der Waals surface area contributed by atoms with Gasteiger partial charge in [0.25, 0.3) is 0 Å². The maximum Gasteiger partial charge on any atom is 0.457 e. The first-order chi connectivity index (χ1) is 11.3. The van der Waals surface area contributed by atoms with Crippen LogP contribution in [0.1, 0.15) is 0 Å². The Bertz CT molecular complexity index is 495. The fraction of sp³-hybridized carbons (Fsp3) is 1.00. The number of rotatable bonds is 4. The molecule has 0 amide bonds. The molecular weight excluding hydrogens is 454 g/mol. The summed E-state index contributed by atoms with van der Waals surface area (Å²) in [6, 6.07) is 0.